The van der Waals surface area contributed by atoms with E-state index in [1.165, 1.54) is 12.1 Å². The Kier molecular flexibility index (Phi) is 3.84. The lowest BCUT2D eigenvalue weighted by molar-refractivity contribution is -0.0958. The molecule has 100 valence electrons. The SMILES string of the molecule is CC(C)(C)c1ccc(C(=O)C(F)(F)C(F)F)cc1. The van der Waals surface area contributed by atoms with E-state index in [9.17, 15) is 22.4 Å². The number of benzene rings is 1. The first-order valence-electron chi connectivity index (χ1n) is 5.38. The third kappa shape index (κ3) is 2.89. The second-order valence-electron chi connectivity index (χ2n) is 5.08. The van der Waals surface area contributed by atoms with Gasteiger partial charge >= 0.3 is 12.3 Å². The molecule has 0 aliphatic carbocycles. The highest BCUT2D eigenvalue weighted by Crippen LogP contribution is 2.28. The van der Waals surface area contributed by atoms with Crippen molar-refractivity contribution < 1.29 is 22.4 Å². The molecule has 0 saturated carbocycles. The molecule has 0 fully saturated rings. The van der Waals surface area contributed by atoms with E-state index in [0.29, 0.717) is 0 Å². The Bertz CT molecular complexity index is 429. The van der Waals surface area contributed by atoms with E-state index in [-0.39, 0.29) is 5.41 Å². The molecule has 1 aromatic rings. The summed E-state index contributed by atoms with van der Waals surface area (Å²) in [5.41, 5.74) is 0.222. The summed E-state index contributed by atoms with van der Waals surface area (Å²) >= 11 is 0. The first-order valence-corrected chi connectivity index (χ1v) is 5.38. The highest BCUT2D eigenvalue weighted by molar-refractivity contribution is 6.01. The molecule has 0 atom stereocenters. The monoisotopic (exact) mass is 262 g/mol. The fraction of sp³-hybridized carbons (Fsp3) is 0.462. The lowest BCUT2D eigenvalue weighted by Crippen LogP contribution is -2.36. The number of carbonyl (C=O) groups is 1. The van der Waals surface area contributed by atoms with Gasteiger partial charge in [0.2, 0.25) is 5.78 Å². The zero-order valence-electron chi connectivity index (χ0n) is 10.3. The first kappa shape index (κ1) is 14.7. The number of hydrogen-bond acceptors (Lipinski definition) is 1. The molecule has 0 N–H and O–H groups in total. The number of halogens is 4. The lowest BCUT2D eigenvalue weighted by atomic mass is 9.86. The van der Waals surface area contributed by atoms with Crippen LogP contribution in [0.3, 0.4) is 0 Å². The van der Waals surface area contributed by atoms with Crippen molar-refractivity contribution in [3.8, 4) is 0 Å². The van der Waals surface area contributed by atoms with Gasteiger partial charge in [0, 0.05) is 5.56 Å². The zero-order valence-corrected chi connectivity index (χ0v) is 10.3. The topological polar surface area (TPSA) is 17.1 Å². The van der Waals surface area contributed by atoms with Crippen LogP contribution in [-0.2, 0) is 5.41 Å². The van der Waals surface area contributed by atoms with Gasteiger partial charge in [-0.05, 0) is 11.0 Å². The normalized spacial score (nSPS) is 12.9. The molecule has 0 bridgehead atoms. The molecule has 0 aliphatic rings. The summed E-state index contributed by atoms with van der Waals surface area (Å²) in [5.74, 6) is -6.48. The Morgan fingerprint density at radius 3 is 1.83 bits per heavy atom. The van der Waals surface area contributed by atoms with Gasteiger partial charge in [0.05, 0.1) is 0 Å². The maximum atomic E-state index is 12.9. The smallest absolute Gasteiger partial charge is 0.287 e. The number of carbonyl (C=O) groups excluding carboxylic acids is 1. The maximum Gasteiger partial charge on any atom is 0.368 e. The number of alkyl halides is 4. The van der Waals surface area contributed by atoms with Crippen LogP contribution in [0.1, 0.15) is 36.7 Å². The molecule has 0 unspecified atom stereocenters. The fourth-order valence-corrected chi connectivity index (χ4v) is 1.41. The van der Waals surface area contributed by atoms with E-state index in [2.05, 4.69) is 0 Å². The third-order valence-corrected chi connectivity index (χ3v) is 2.59. The van der Waals surface area contributed by atoms with E-state index in [4.69, 9.17) is 0 Å². The minimum atomic E-state index is -4.64. The molecule has 1 nitrogen and oxygen atoms in total. The Hall–Kier alpha value is -1.39. The number of Topliss-reactive ketones (excluding diaryl/α,β-unsaturated/α-hetero) is 1. The maximum absolute atomic E-state index is 12.9. The van der Waals surface area contributed by atoms with Gasteiger partial charge in [0.25, 0.3) is 0 Å². The molecule has 1 aromatic carbocycles. The van der Waals surface area contributed by atoms with Crippen molar-refractivity contribution in [3.63, 3.8) is 0 Å². The van der Waals surface area contributed by atoms with E-state index < -0.39 is 23.7 Å². The second-order valence-corrected chi connectivity index (χ2v) is 5.08. The number of hydrogen-bond donors (Lipinski definition) is 0. The van der Waals surface area contributed by atoms with Crippen LogP contribution in [0.5, 0.6) is 0 Å². The van der Waals surface area contributed by atoms with Crippen molar-refractivity contribution in [1.82, 2.24) is 0 Å². The van der Waals surface area contributed by atoms with Crippen LogP contribution < -0.4 is 0 Å². The van der Waals surface area contributed by atoms with Crippen molar-refractivity contribution in [3.05, 3.63) is 35.4 Å². The van der Waals surface area contributed by atoms with E-state index in [0.717, 1.165) is 17.7 Å². The largest absolute Gasteiger partial charge is 0.368 e. The summed E-state index contributed by atoms with van der Waals surface area (Å²) in [6.07, 6.45) is -3.99. The minimum absolute atomic E-state index is 0.202. The molecular weight excluding hydrogens is 248 g/mol. The molecule has 0 aromatic heterocycles. The molecule has 0 amide bonds. The van der Waals surface area contributed by atoms with Gasteiger partial charge in [0.1, 0.15) is 0 Å². The molecule has 18 heavy (non-hydrogen) atoms. The second kappa shape index (κ2) is 4.71. The molecule has 0 saturated heterocycles. The fourth-order valence-electron chi connectivity index (χ4n) is 1.41. The van der Waals surface area contributed by atoms with Gasteiger partial charge in [-0.1, -0.05) is 45.0 Å². The van der Waals surface area contributed by atoms with Gasteiger partial charge in [-0.3, -0.25) is 4.79 Å². The summed E-state index contributed by atoms with van der Waals surface area (Å²) in [6, 6.07) is 5.29. The van der Waals surface area contributed by atoms with Crippen molar-refractivity contribution in [1.29, 1.82) is 0 Å². The Morgan fingerprint density at radius 2 is 1.50 bits per heavy atom. The van der Waals surface area contributed by atoms with Crippen LogP contribution in [-0.4, -0.2) is 18.1 Å². The number of rotatable bonds is 3. The van der Waals surface area contributed by atoms with Crippen molar-refractivity contribution in [2.75, 3.05) is 0 Å². The van der Waals surface area contributed by atoms with Crippen LogP contribution in [0.15, 0.2) is 24.3 Å². The first-order chi connectivity index (χ1) is 8.06. The quantitative estimate of drug-likeness (QED) is 0.593. The van der Waals surface area contributed by atoms with Crippen molar-refractivity contribution >= 4 is 5.78 Å². The van der Waals surface area contributed by atoms with Gasteiger partial charge in [-0.2, -0.15) is 8.78 Å². The lowest BCUT2D eigenvalue weighted by Gasteiger charge is -2.19. The zero-order chi connectivity index (χ0) is 14.1. The molecule has 1 rings (SSSR count). The highest BCUT2D eigenvalue weighted by Gasteiger charge is 2.48. The van der Waals surface area contributed by atoms with Gasteiger partial charge in [-0.15, -0.1) is 0 Å². The summed E-state index contributed by atoms with van der Waals surface area (Å²) in [5, 5.41) is 0. The summed E-state index contributed by atoms with van der Waals surface area (Å²) in [6.45, 7) is 5.74. The van der Waals surface area contributed by atoms with Crippen LogP contribution in [0, 0.1) is 0 Å². The predicted octanol–water partition coefficient (Wildman–Crippen LogP) is 4.07. The molecule has 0 aliphatic heterocycles. The van der Waals surface area contributed by atoms with Gasteiger partial charge in [0.15, 0.2) is 0 Å². The van der Waals surface area contributed by atoms with Crippen LogP contribution in [0.25, 0.3) is 0 Å². The van der Waals surface area contributed by atoms with E-state index >= 15 is 0 Å². The minimum Gasteiger partial charge on any atom is -0.287 e. The Labute approximate surface area is 103 Å². The average molecular weight is 262 g/mol. The molecule has 0 heterocycles. The van der Waals surface area contributed by atoms with E-state index in [1.807, 2.05) is 20.8 Å². The third-order valence-electron chi connectivity index (χ3n) is 2.59. The molecule has 5 heteroatoms. The molecule has 0 spiro atoms. The summed E-state index contributed by atoms with van der Waals surface area (Å²) in [7, 11) is 0. The molecule has 0 radical (unpaired) electrons. The van der Waals surface area contributed by atoms with Gasteiger partial charge < -0.3 is 0 Å². The summed E-state index contributed by atoms with van der Waals surface area (Å²) in [4.78, 5) is 11.2. The predicted molar refractivity (Wildman–Crippen MR) is 60.4 cm³/mol. The Balaban J connectivity index is 3.03. The van der Waals surface area contributed by atoms with E-state index in [1.54, 1.807) is 0 Å². The van der Waals surface area contributed by atoms with Crippen LogP contribution in [0.4, 0.5) is 17.6 Å². The van der Waals surface area contributed by atoms with Gasteiger partial charge in [-0.25, -0.2) is 8.78 Å². The van der Waals surface area contributed by atoms with Crippen molar-refractivity contribution in [2.24, 2.45) is 0 Å². The average Bonchev–Trinajstić information content (AvgIpc) is 2.26. The molecular formula is C13H14F4O. The highest BCUT2D eigenvalue weighted by atomic mass is 19.3. The van der Waals surface area contributed by atoms with Crippen LogP contribution in [0.2, 0.25) is 0 Å². The standard InChI is InChI=1S/C13H14F4O/c1-12(2,3)9-6-4-8(5-7-9)10(18)13(16,17)11(14)15/h4-7,11H,1-3H3. The van der Waals surface area contributed by atoms with Crippen LogP contribution >= 0.6 is 0 Å². The Morgan fingerprint density at radius 1 is 1.06 bits per heavy atom. The number of ketones is 1. The van der Waals surface area contributed by atoms with Crippen molar-refractivity contribution in [2.45, 2.75) is 38.5 Å². The summed E-state index contributed by atoms with van der Waals surface area (Å²) < 4.78 is 49.8.